The molecule has 0 fully saturated rings. The van der Waals surface area contributed by atoms with E-state index in [1.807, 2.05) is 70.3 Å². The summed E-state index contributed by atoms with van der Waals surface area (Å²) >= 11 is 0. The van der Waals surface area contributed by atoms with Crippen LogP contribution in [0.5, 0.6) is 0 Å². The van der Waals surface area contributed by atoms with Crippen LogP contribution in [0.25, 0.3) is 11.1 Å². The molecule has 0 aliphatic heterocycles. The second kappa shape index (κ2) is 15.1. The monoisotopic (exact) mass is 524 g/mol. The number of aromatic nitrogens is 1. The van der Waals surface area contributed by atoms with Crippen LogP contribution in [-0.2, 0) is 6.42 Å². The van der Waals surface area contributed by atoms with E-state index in [4.69, 9.17) is 0 Å². The molecule has 204 valence electrons. The van der Waals surface area contributed by atoms with Gasteiger partial charge in [-0.15, -0.1) is 0 Å². The summed E-state index contributed by atoms with van der Waals surface area (Å²) in [7, 11) is 1.79. The van der Waals surface area contributed by atoms with E-state index in [0.29, 0.717) is 28.9 Å². The number of anilines is 1. The Hall–Kier alpha value is -4.38. The van der Waals surface area contributed by atoms with E-state index in [0.717, 1.165) is 45.8 Å². The Labute approximate surface area is 233 Å². The first-order valence-corrected chi connectivity index (χ1v) is 13.0. The smallest absolute Gasteiger partial charge is 0.136 e. The summed E-state index contributed by atoms with van der Waals surface area (Å²) < 4.78 is 16.1. The van der Waals surface area contributed by atoms with Gasteiger partial charge in [-0.2, -0.15) is 0 Å². The molecule has 2 rings (SSSR count). The molecule has 1 aromatic carbocycles. The van der Waals surface area contributed by atoms with E-state index in [9.17, 15) is 0 Å². The maximum atomic E-state index is 16.1. The number of nitrogens with one attached hydrogen (secondary N) is 3. The molecule has 39 heavy (non-hydrogen) atoms. The van der Waals surface area contributed by atoms with Crippen LogP contribution in [0.3, 0.4) is 0 Å². The minimum Gasteiger partial charge on any atom is -0.388 e. The molecular formula is C34H41FN4. The van der Waals surface area contributed by atoms with E-state index in [1.165, 1.54) is 0 Å². The average molecular weight is 525 g/mol. The van der Waals surface area contributed by atoms with Gasteiger partial charge >= 0.3 is 0 Å². The van der Waals surface area contributed by atoms with E-state index < -0.39 is 0 Å². The predicted octanol–water partition coefficient (Wildman–Crippen LogP) is 8.46. The third-order valence-electron chi connectivity index (χ3n) is 6.39. The van der Waals surface area contributed by atoms with Crippen LogP contribution < -0.4 is 16.0 Å². The molecule has 0 spiro atoms. The predicted molar refractivity (Wildman–Crippen MR) is 167 cm³/mol. The molecule has 0 aliphatic carbocycles. The number of rotatable bonds is 14. The summed E-state index contributed by atoms with van der Waals surface area (Å²) in [4.78, 5) is 4.24. The van der Waals surface area contributed by atoms with Crippen molar-refractivity contribution in [1.82, 2.24) is 15.6 Å². The lowest BCUT2D eigenvalue weighted by Gasteiger charge is -2.19. The first-order chi connectivity index (χ1) is 18.7. The van der Waals surface area contributed by atoms with Crippen LogP contribution in [0, 0.1) is 5.82 Å². The van der Waals surface area contributed by atoms with Crippen molar-refractivity contribution in [2.75, 3.05) is 12.4 Å². The highest BCUT2D eigenvalue weighted by Gasteiger charge is 2.17. The SMILES string of the molecule is C=C/C=C(\C(C)=C(/C)NC(=C)Cc1c(NC)ccc(C(/C=C(\C=C)NC(=C)CC)=C/C)c1F)c1cccnc1. The Bertz CT molecular complexity index is 1340. The largest absolute Gasteiger partial charge is 0.388 e. The lowest BCUT2D eigenvalue weighted by molar-refractivity contribution is 0.609. The normalized spacial score (nSPS) is 12.8. The topological polar surface area (TPSA) is 49.0 Å². The maximum Gasteiger partial charge on any atom is 0.136 e. The molecule has 5 heteroatoms. The molecule has 0 radical (unpaired) electrons. The Morgan fingerprint density at radius 3 is 2.38 bits per heavy atom. The summed E-state index contributed by atoms with van der Waals surface area (Å²) in [6.07, 6.45) is 13.8. The van der Waals surface area contributed by atoms with Crippen molar-refractivity contribution in [3.05, 3.63) is 144 Å². The molecule has 1 heterocycles. The fraction of sp³-hybridized carbons (Fsp3) is 0.206. The quantitative estimate of drug-likeness (QED) is 0.217. The van der Waals surface area contributed by atoms with Gasteiger partial charge in [-0.1, -0.05) is 57.5 Å². The Kier molecular flexibility index (Phi) is 12.0. The first kappa shape index (κ1) is 30.8. The second-order valence-corrected chi connectivity index (χ2v) is 9.05. The van der Waals surface area contributed by atoms with Gasteiger partial charge in [-0.25, -0.2) is 4.39 Å². The Morgan fingerprint density at radius 2 is 1.82 bits per heavy atom. The molecule has 3 N–H and O–H groups in total. The summed E-state index contributed by atoms with van der Waals surface area (Å²) in [5.74, 6) is -0.298. The van der Waals surface area contributed by atoms with Crippen LogP contribution >= 0.6 is 0 Å². The van der Waals surface area contributed by atoms with Crippen molar-refractivity contribution in [1.29, 1.82) is 0 Å². The summed E-state index contributed by atoms with van der Waals surface area (Å²) in [6.45, 7) is 23.9. The number of benzene rings is 1. The van der Waals surface area contributed by atoms with Crippen molar-refractivity contribution in [2.24, 2.45) is 0 Å². The Morgan fingerprint density at radius 1 is 1.08 bits per heavy atom. The van der Waals surface area contributed by atoms with Gasteiger partial charge in [0.05, 0.1) is 0 Å². The maximum absolute atomic E-state index is 16.1. The van der Waals surface area contributed by atoms with E-state index >= 15 is 4.39 Å². The number of hydrogen-bond acceptors (Lipinski definition) is 4. The standard InChI is InChI=1S/C34H41FN4/c1-10-15-30(28-16-14-19-37-22-28)25(7)26(8)38-24(6)20-32-33(36-9)18-17-31(34(32)35)27(12-3)21-29(13-4)39-23(5)11-2/h10,12-19,21-22,36,38-39H,1,4-6,11,20H2,2-3,7-9H3/b26-25+,27-12+,29-21+,30-15+. The molecule has 0 aliphatic rings. The molecule has 0 bridgehead atoms. The third kappa shape index (κ3) is 8.30. The van der Waals surface area contributed by atoms with Gasteiger partial charge in [-0.05, 0) is 74.3 Å². The van der Waals surface area contributed by atoms with Gasteiger partial charge in [0.25, 0.3) is 0 Å². The molecule has 0 saturated carbocycles. The molecule has 2 aromatic rings. The van der Waals surface area contributed by atoms with Crippen molar-refractivity contribution >= 4 is 16.8 Å². The van der Waals surface area contributed by atoms with Crippen LogP contribution in [0.4, 0.5) is 10.1 Å². The number of nitrogens with zero attached hydrogens (tertiary/aromatic N) is 1. The molecule has 0 atom stereocenters. The van der Waals surface area contributed by atoms with Gasteiger partial charge in [0.2, 0.25) is 0 Å². The van der Waals surface area contributed by atoms with Crippen LogP contribution in [0.2, 0.25) is 0 Å². The lowest BCUT2D eigenvalue weighted by Crippen LogP contribution is -2.15. The summed E-state index contributed by atoms with van der Waals surface area (Å²) in [5.41, 5.74) is 8.69. The zero-order valence-electron chi connectivity index (χ0n) is 23.9. The molecule has 0 unspecified atom stereocenters. The molecule has 4 nitrogen and oxygen atoms in total. The van der Waals surface area contributed by atoms with E-state index in [1.54, 1.807) is 31.5 Å². The van der Waals surface area contributed by atoms with Crippen molar-refractivity contribution in [3.63, 3.8) is 0 Å². The molecular weight excluding hydrogens is 483 g/mol. The highest BCUT2D eigenvalue weighted by Crippen LogP contribution is 2.30. The number of pyridine rings is 1. The zero-order valence-corrected chi connectivity index (χ0v) is 23.9. The van der Waals surface area contributed by atoms with Gasteiger partial charge < -0.3 is 16.0 Å². The zero-order chi connectivity index (χ0) is 28.9. The van der Waals surface area contributed by atoms with Gasteiger partial charge in [0.1, 0.15) is 5.82 Å². The van der Waals surface area contributed by atoms with E-state index in [-0.39, 0.29) is 5.82 Å². The van der Waals surface area contributed by atoms with E-state index in [2.05, 4.69) is 47.3 Å². The minimum atomic E-state index is -0.298. The third-order valence-corrected chi connectivity index (χ3v) is 6.39. The van der Waals surface area contributed by atoms with Crippen molar-refractivity contribution in [2.45, 2.75) is 40.5 Å². The lowest BCUT2D eigenvalue weighted by atomic mass is 9.96. The molecule has 1 aromatic heterocycles. The molecule has 0 amide bonds. The average Bonchev–Trinajstić information content (AvgIpc) is 2.95. The fourth-order valence-electron chi connectivity index (χ4n) is 4.07. The van der Waals surface area contributed by atoms with Crippen LogP contribution in [0.15, 0.2) is 122 Å². The minimum absolute atomic E-state index is 0.298. The Balaban J connectivity index is 2.40. The van der Waals surface area contributed by atoms with Gasteiger partial charge in [0, 0.05) is 71.0 Å². The van der Waals surface area contributed by atoms with Crippen molar-refractivity contribution < 1.29 is 4.39 Å². The second-order valence-electron chi connectivity index (χ2n) is 9.05. The van der Waals surface area contributed by atoms with Crippen LogP contribution in [-0.4, -0.2) is 12.0 Å². The van der Waals surface area contributed by atoms with Gasteiger partial charge in [-0.3, -0.25) is 4.98 Å². The van der Waals surface area contributed by atoms with Crippen molar-refractivity contribution in [3.8, 4) is 0 Å². The number of hydrogen-bond donors (Lipinski definition) is 3. The summed E-state index contributed by atoms with van der Waals surface area (Å²) in [5, 5.41) is 9.73. The number of halogens is 1. The summed E-state index contributed by atoms with van der Waals surface area (Å²) in [6, 6.07) is 7.59. The molecule has 0 saturated heterocycles. The van der Waals surface area contributed by atoms with Gasteiger partial charge in [0.15, 0.2) is 0 Å². The van der Waals surface area contributed by atoms with Crippen LogP contribution in [0.1, 0.15) is 50.8 Å². The fourth-order valence-corrected chi connectivity index (χ4v) is 4.07. The number of allylic oxidation sites excluding steroid dienone is 11. The highest BCUT2D eigenvalue weighted by molar-refractivity contribution is 5.80. The first-order valence-electron chi connectivity index (χ1n) is 13.0. The highest BCUT2D eigenvalue weighted by atomic mass is 19.1.